The van der Waals surface area contributed by atoms with Gasteiger partial charge in [-0.15, -0.1) is 0 Å². The summed E-state index contributed by atoms with van der Waals surface area (Å²) >= 11 is 0. The molecule has 1 N–H and O–H groups in total. The number of piperidine rings is 1. The summed E-state index contributed by atoms with van der Waals surface area (Å²) in [5, 5.41) is 5.39. The molecule has 2 aliphatic rings. The number of allylic oxidation sites excluding steroid dienone is 1. The van der Waals surface area contributed by atoms with E-state index >= 15 is 0 Å². The molecule has 194 valence electrons. The molecule has 2 aliphatic heterocycles. The number of urea groups is 1. The highest BCUT2D eigenvalue weighted by molar-refractivity contribution is 5.79. The third kappa shape index (κ3) is 5.20. The van der Waals surface area contributed by atoms with Gasteiger partial charge in [0.25, 0.3) is 0 Å². The molecule has 10 heteroatoms. The van der Waals surface area contributed by atoms with Crippen LogP contribution in [0.5, 0.6) is 0 Å². The van der Waals surface area contributed by atoms with Crippen LogP contribution in [0, 0.1) is 11.6 Å². The molecule has 1 unspecified atom stereocenters. The van der Waals surface area contributed by atoms with Gasteiger partial charge < -0.3 is 14.8 Å². The minimum Gasteiger partial charge on any atom is -0.327 e. The number of aromatic nitrogens is 2. The summed E-state index contributed by atoms with van der Waals surface area (Å²) < 4.78 is 29.2. The zero-order valence-corrected chi connectivity index (χ0v) is 20.7. The lowest BCUT2D eigenvalue weighted by atomic mass is 10.0. The third-order valence-electron chi connectivity index (χ3n) is 7.19. The Bertz CT molecular complexity index is 1320. The SMILES string of the molecule is CC1=CC(c2ccc(F)c(F)c2)NC(=O)N1N(C=O)CCCN1CCC(n2cnc3ccccc32)CC1. The number of nitrogens with one attached hydrogen (secondary N) is 1. The van der Waals surface area contributed by atoms with Gasteiger partial charge in [-0.25, -0.2) is 28.6 Å². The zero-order valence-electron chi connectivity index (χ0n) is 20.7. The number of hydrazine groups is 1. The first-order chi connectivity index (χ1) is 17.9. The smallest absolute Gasteiger partial charge is 0.327 e. The molecule has 2 aromatic carbocycles. The second-order valence-electron chi connectivity index (χ2n) is 9.56. The number of fused-ring (bicyclic) bond motifs is 1. The third-order valence-corrected chi connectivity index (χ3v) is 7.19. The zero-order chi connectivity index (χ0) is 25.9. The highest BCUT2D eigenvalue weighted by Gasteiger charge is 2.30. The van der Waals surface area contributed by atoms with Crippen molar-refractivity contribution in [3.63, 3.8) is 0 Å². The van der Waals surface area contributed by atoms with Crippen LogP contribution in [0.3, 0.4) is 0 Å². The van der Waals surface area contributed by atoms with E-state index in [1.165, 1.54) is 16.1 Å². The molecule has 37 heavy (non-hydrogen) atoms. The van der Waals surface area contributed by atoms with E-state index in [1.54, 1.807) is 13.0 Å². The molecule has 0 radical (unpaired) electrons. The van der Waals surface area contributed by atoms with Gasteiger partial charge in [-0.05, 0) is 68.6 Å². The number of likely N-dealkylation sites (tertiary alicyclic amines) is 1. The molecule has 5 rings (SSSR count). The summed E-state index contributed by atoms with van der Waals surface area (Å²) in [6, 6.07) is 11.0. The van der Waals surface area contributed by atoms with Gasteiger partial charge in [0, 0.05) is 31.4 Å². The molecule has 3 aromatic rings. The van der Waals surface area contributed by atoms with Gasteiger partial charge in [0.05, 0.1) is 23.4 Å². The number of carbonyl (C=O) groups excluding carboxylic acids is 2. The second kappa shape index (κ2) is 10.7. The van der Waals surface area contributed by atoms with Gasteiger partial charge in [-0.2, -0.15) is 0 Å². The van der Waals surface area contributed by atoms with E-state index in [9.17, 15) is 18.4 Å². The van der Waals surface area contributed by atoms with Gasteiger partial charge >= 0.3 is 6.03 Å². The highest BCUT2D eigenvalue weighted by atomic mass is 19.2. The summed E-state index contributed by atoms with van der Waals surface area (Å²) in [7, 11) is 0. The molecule has 0 saturated carbocycles. The van der Waals surface area contributed by atoms with Crippen LogP contribution in [0.1, 0.15) is 43.8 Å². The van der Waals surface area contributed by atoms with E-state index in [1.807, 2.05) is 24.5 Å². The fourth-order valence-electron chi connectivity index (χ4n) is 5.26. The largest absolute Gasteiger partial charge is 0.341 e. The van der Waals surface area contributed by atoms with Crippen LogP contribution >= 0.6 is 0 Å². The van der Waals surface area contributed by atoms with Crippen LogP contribution in [-0.4, -0.2) is 63.1 Å². The Labute approximate surface area is 214 Å². The van der Waals surface area contributed by atoms with Crippen LogP contribution < -0.4 is 5.32 Å². The highest BCUT2D eigenvalue weighted by Crippen LogP contribution is 2.27. The van der Waals surface area contributed by atoms with Crippen LogP contribution in [0.15, 0.2) is 60.6 Å². The van der Waals surface area contributed by atoms with Crippen molar-refractivity contribution < 1.29 is 18.4 Å². The predicted molar refractivity (Wildman–Crippen MR) is 135 cm³/mol. The number of hydrogen-bond donors (Lipinski definition) is 1. The molecule has 3 amide bonds. The molecule has 0 aliphatic carbocycles. The van der Waals surface area contributed by atoms with Crippen molar-refractivity contribution in [2.24, 2.45) is 0 Å². The van der Waals surface area contributed by atoms with Crippen LogP contribution in [-0.2, 0) is 4.79 Å². The second-order valence-corrected chi connectivity index (χ2v) is 9.56. The van der Waals surface area contributed by atoms with Crippen LogP contribution in [0.2, 0.25) is 0 Å². The maximum atomic E-state index is 13.7. The molecule has 1 saturated heterocycles. The monoisotopic (exact) mass is 508 g/mol. The van der Waals surface area contributed by atoms with Crippen molar-refractivity contribution >= 4 is 23.5 Å². The summed E-state index contributed by atoms with van der Waals surface area (Å²) in [5.74, 6) is -1.92. The molecule has 1 aromatic heterocycles. The first kappa shape index (κ1) is 24.9. The Morgan fingerprint density at radius 1 is 1.14 bits per heavy atom. The van der Waals surface area contributed by atoms with Gasteiger partial charge in [0.2, 0.25) is 6.41 Å². The van der Waals surface area contributed by atoms with Crippen molar-refractivity contribution in [2.45, 2.75) is 38.3 Å². The summed E-state index contributed by atoms with van der Waals surface area (Å²) in [5.41, 5.74) is 3.15. The van der Waals surface area contributed by atoms with E-state index in [0.29, 0.717) is 36.7 Å². The van der Waals surface area contributed by atoms with Crippen molar-refractivity contribution in [3.05, 3.63) is 77.8 Å². The number of carbonyl (C=O) groups is 2. The number of benzene rings is 2. The van der Waals surface area contributed by atoms with E-state index in [2.05, 4.69) is 25.8 Å². The normalized spacial score (nSPS) is 19.1. The van der Waals surface area contributed by atoms with E-state index in [4.69, 9.17) is 0 Å². The van der Waals surface area contributed by atoms with E-state index in [0.717, 1.165) is 55.6 Å². The van der Waals surface area contributed by atoms with Gasteiger partial charge in [0.1, 0.15) is 0 Å². The van der Waals surface area contributed by atoms with Gasteiger partial charge in [0.15, 0.2) is 11.6 Å². The lowest BCUT2D eigenvalue weighted by Gasteiger charge is -2.38. The van der Waals surface area contributed by atoms with Crippen molar-refractivity contribution in [2.75, 3.05) is 26.2 Å². The molecule has 3 heterocycles. The molecule has 1 atom stereocenters. The molecule has 1 fully saturated rings. The number of para-hydroxylation sites is 2. The van der Waals surface area contributed by atoms with Crippen molar-refractivity contribution in [3.8, 4) is 0 Å². The molecule has 0 bridgehead atoms. The Morgan fingerprint density at radius 3 is 2.65 bits per heavy atom. The minimum absolute atomic E-state index is 0.379. The maximum absolute atomic E-state index is 13.7. The van der Waals surface area contributed by atoms with Crippen LogP contribution in [0.4, 0.5) is 13.6 Å². The quantitative estimate of drug-likeness (QED) is 0.458. The fourth-order valence-corrected chi connectivity index (χ4v) is 5.26. The fraction of sp³-hybridized carbons (Fsp3) is 0.370. The predicted octanol–water partition coefficient (Wildman–Crippen LogP) is 4.39. The van der Waals surface area contributed by atoms with Crippen molar-refractivity contribution in [1.82, 2.24) is 29.8 Å². The van der Waals surface area contributed by atoms with Crippen LogP contribution in [0.25, 0.3) is 11.0 Å². The van der Waals surface area contributed by atoms with Crippen molar-refractivity contribution in [1.29, 1.82) is 0 Å². The number of rotatable bonds is 8. The average Bonchev–Trinajstić information content (AvgIpc) is 3.33. The molecule has 0 spiro atoms. The Balaban J connectivity index is 1.14. The standard InChI is InChI=1S/C27H30F2N6O2/c1-19-15-25(20-7-8-22(28)23(29)16-20)31-27(37)35(19)33(18-36)12-4-11-32-13-9-21(10-14-32)34-17-30-24-5-2-3-6-26(24)34/h2-3,5-8,15-18,21,25H,4,9-14H2,1H3,(H,31,37). The van der Waals surface area contributed by atoms with E-state index < -0.39 is 23.7 Å². The lowest BCUT2D eigenvalue weighted by Crippen LogP contribution is -2.53. The maximum Gasteiger partial charge on any atom is 0.341 e. The van der Waals surface area contributed by atoms with Gasteiger partial charge in [-0.3, -0.25) is 4.79 Å². The number of amides is 3. The summed E-state index contributed by atoms with van der Waals surface area (Å²) in [6.45, 7) is 4.82. The lowest BCUT2D eigenvalue weighted by molar-refractivity contribution is -0.128. The van der Waals surface area contributed by atoms with E-state index in [-0.39, 0.29) is 0 Å². The Kier molecular flexibility index (Phi) is 7.18. The number of hydrogen-bond acceptors (Lipinski definition) is 4. The Morgan fingerprint density at radius 2 is 1.92 bits per heavy atom. The molecular weight excluding hydrogens is 478 g/mol. The van der Waals surface area contributed by atoms with Gasteiger partial charge in [-0.1, -0.05) is 18.2 Å². The first-order valence-electron chi connectivity index (χ1n) is 12.5. The topological polar surface area (TPSA) is 73.7 Å². The number of nitrogens with zero attached hydrogens (tertiary/aromatic N) is 5. The first-order valence-corrected chi connectivity index (χ1v) is 12.5. The summed E-state index contributed by atoms with van der Waals surface area (Å²) in [6.07, 6.45) is 7.06. The number of imidazole rings is 1. The minimum atomic E-state index is -0.975. The Hall–Kier alpha value is -3.79. The summed E-state index contributed by atoms with van der Waals surface area (Å²) in [4.78, 5) is 31.6. The molecular formula is C27H30F2N6O2. The number of halogens is 2. The molecule has 8 nitrogen and oxygen atoms in total. The average molecular weight is 509 g/mol.